The highest BCUT2D eigenvalue weighted by molar-refractivity contribution is 9.10. The van der Waals surface area contributed by atoms with E-state index < -0.39 is 4.92 Å². The molecule has 1 aromatic heterocycles. The number of nitro benzene ring substituents is 1. The largest absolute Gasteiger partial charge is 0.430 e. The van der Waals surface area contributed by atoms with E-state index >= 15 is 0 Å². The molecule has 10 heteroatoms. The van der Waals surface area contributed by atoms with E-state index in [-0.39, 0.29) is 37.7 Å². The van der Waals surface area contributed by atoms with Crippen LogP contribution in [0.2, 0.25) is 10.0 Å². The van der Waals surface area contributed by atoms with Crippen LogP contribution in [0.3, 0.4) is 0 Å². The molecule has 2 aromatic rings. The Morgan fingerprint density at radius 2 is 1.95 bits per heavy atom. The lowest BCUT2D eigenvalue weighted by atomic mass is 10.3. The quantitative estimate of drug-likeness (QED) is 0.641. The Kier molecular flexibility index (Phi) is 4.26. The van der Waals surface area contributed by atoms with Crippen LogP contribution in [-0.4, -0.2) is 14.9 Å². The van der Waals surface area contributed by atoms with Gasteiger partial charge >= 0.3 is 5.69 Å². The lowest BCUT2D eigenvalue weighted by Gasteiger charge is -2.08. The fraction of sp³-hybridized carbons (Fsp3) is 0. The third-order valence-electron chi connectivity index (χ3n) is 2.19. The molecule has 2 rings (SSSR count). The molecule has 0 saturated heterocycles. The van der Waals surface area contributed by atoms with E-state index in [1.807, 2.05) is 0 Å². The van der Waals surface area contributed by atoms with Gasteiger partial charge in [-0.25, -0.2) is 9.97 Å². The van der Waals surface area contributed by atoms with Gasteiger partial charge in [0.1, 0.15) is 16.6 Å². The molecule has 0 aliphatic heterocycles. The summed E-state index contributed by atoms with van der Waals surface area (Å²) in [7, 11) is 0. The molecule has 0 aliphatic carbocycles. The molecular weight excluding hydrogens is 375 g/mol. The van der Waals surface area contributed by atoms with Crippen LogP contribution in [0.25, 0.3) is 0 Å². The van der Waals surface area contributed by atoms with Crippen molar-refractivity contribution in [3.63, 3.8) is 0 Å². The van der Waals surface area contributed by atoms with Crippen molar-refractivity contribution in [1.82, 2.24) is 9.97 Å². The standard InChI is InChI=1S/C10H5BrCl2N4O3/c11-8-9(14)15-3-16-10(8)20-7-2-5(13)4(12)1-6(7)17(18)19/h1-3H,(H2,14,15,16). The zero-order chi connectivity index (χ0) is 14.9. The third kappa shape index (κ3) is 2.92. The van der Waals surface area contributed by atoms with Gasteiger partial charge in [0, 0.05) is 12.1 Å². The van der Waals surface area contributed by atoms with Gasteiger partial charge < -0.3 is 10.5 Å². The Hall–Kier alpha value is -1.64. The van der Waals surface area contributed by atoms with Crippen LogP contribution < -0.4 is 10.5 Å². The molecule has 0 fully saturated rings. The fourth-order valence-corrected chi connectivity index (χ4v) is 1.88. The van der Waals surface area contributed by atoms with E-state index in [9.17, 15) is 10.1 Å². The van der Waals surface area contributed by atoms with E-state index in [1.54, 1.807) is 0 Å². The zero-order valence-electron chi connectivity index (χ0n) is 9.51. The second-order valence-corrected chi connectivity index (χ2v) is 5.08. The normalized spacial score (nSPS) is 10.3. The number of halogens is 3. The molecule has 1 aromatic carbocycles. The van der Waals surface area contributed by atoms with Crippen molar-refractivity contribution >= 4 is 50.6 Å². The maximum absolute atomic E-state index is 11.0. The van der Waals surface area contributed by atoms with Gasteiger partial charge in [0.15, 0.2) is 0 Å². The van der Waals surface area contributed by atoms with Gasteiger partial charge in [-0.05, 0) is 15.9 Å². The number of anilines is 1. The fourth-order valence-electron chi connectivity index (χ4n) is 1.28. The van der Waals surface area contributed by atoms with Gasteiger partial charge in [-0.2, -0.15) is 0 Å². The lowest BCUT2D eigenvalue weighted by Crippen LogP contribution is -1.99. The number of nitrogens with zero attached hydrogens (tertiary/aromatic N) is 3. The van der Waals surface area contributed by atoms with Crippen LogP contribution in [0.15, 0.2) is 22.9 Å². The molecule has 1 heterocycles. The summed E-state index contributed by atoms with van der Waals surface area (Å²) in [5, 5.41) is 11.1. The number of ether oxygens (including phenoxy) is 1. The average molecular weight is 380 g/mol. The van der Waals surface area contributed by atoms with Crippen molar-refractivity contribution in [2.75, 3.05) is 5.73 Å². The Balaban J connectivity index is 2.50. The number of rotatable bonds is 3. The second kappa shape index (κ2) is 5.78. The number of nitro groups is 1. The Morgan fingerprint density at radius 1 is 1.30 bits per heavy atom. The zero-order valence-corrected chi connectivity index (χ0v) is 12.6. The molecule has 0 amide bonds. The van der Waals surface area contributed by atoms with Crippen LogP contribution in [0.4, 0.5) is 11.5 Å². The maximum Gasteiger partial charge on any atom is 0.313 e. The van der Waals surface area contributed by atoms with Crippen LogP contribution in [0, 0.1) is 10.1 Å². The lowest BCUT2D eigenvalue weighted by molar-refractivity contribution is -0.385. The molecular formula is C10H5BrCl2N4O3. The number of nitrogen functional groups attached to an aromatic ring is 1. The van der Waals surface area contributed by atoms with E-state index in [1.165, 1.54) is 12.4 Å². The number of hydrogen-bond donors (Lipinski definition) is 1. The smallest absolute Gasteiger partial charge is 0.313 e. The number of hydrogen-bond acceptors (Lipinski definition) is 6. The number of nitrogens with two attached hydrogens (primary N) is 1. The molecule has 104 valence electrons. The molecule has 0 saturated carbocycles. The minimum absolute atomic E-state index is 0.0268. The van der Waals surface area contributed by atoms with Gasteiger partial charge in [0.05, 0.1) is 15.0 Å². The van der Waals surface area contributed by atoms with Crippen molar-refractivity contribution in [2.45, 2.75) is 0 Å². The third-order valence-corrected chi connectivity index (χ3v) is 3.66. The molecule has 2 N–H and O–H groups in total. The van der Waals surface area contributed by atoms with Crippen LogP contribution in [-0.2, 0) is 0 Å². The summed E-state index contributed by atoms with van der Waals surface area (Å²) in [6, 6.07) is 2.32. The summed E-state index contributed by atoms with van der Waals surface area (Å²) in [6.07, 6.45) is 1.17. The van der Waals surface area contributed by atoms with Crippen LogP contribution in [0.5, 0.6) is 11.6 Å². The molecule has 0 unspecified atom stereocenters. The maximum atomic E-state index is 11.0. The van der Waals surface area contributed by atoms with E-state index in [0.717, 1.165) is 6.07 Å². The van der Waals surface area contributed by atoms with Gasteiger partial charge in [0.25, 0.3) is 0 Å². The highest BCUT2D eigenvalue weighted by atomic mass is 79.9. The van der Waals surface area contributed by atoms with Crippen LogP contribution in [0.1, 0.15) is 0 Å². The second-order valence-electron chi connectivity index (χ2n) is 3.47. The highest BCUT2D eigenvalue weighted by Gasteiger charge is 2.21. The monoisotopic (exact) mass is 378 g/mol. The predicted molar refractivity (Wildman–Crippen MR) is 77.3 cm³/mol. The van der Waals surface area contributed by atoms with Crippen LogP contribution >= 0.6 is 39.1 Å². The Bertz CT molecular complexity index is 698. The topological polar surface area (TPSA) is 104 Å². The minimum Gasteiger partial charge on any atom is -0.430 e. The first-order valence-electron chi connectivity index (χ1n) is 4.97. The molecule has 0 radical (unpaired) electrons. The number of aromatic nitrogens is 2. The molecule has 20 heavy (non-hydrogen) atoms. The Morgan fingerprint density at radius 3 is 2.60 bits per heavy atom. The molecule has 0 atom stereocenters. The predicted octanol–water partition coefficient (Wildman–Crippen LogP) is 3.83. The van der Waals surface area contributed by atoms with Gasteiger partial charge in [-0.15, -0.1) is 0 Å². The highest BCUT2D eigenvalue weighted by Crippen LogP contribution is 2.39. The SMILES string of the molecule is Nc1ncnc(Oc2cc(Cl)c(Cl)cc2[N+](=O)[O-])c1Br. The Labute approximate surface area is 131 Å². The molecule has 0 bridgehead atoms. The van der Waals surface area contributed by atoms with E-state index in [2.05, 4.69) is 25.9 Å². The van der Waals surface area contributed by atoms with Crippen molar-refractivity contribution in [2.24, 2.45) is 0 Å². The van der Waals surface area contributed by atoms with Crippen molar-refractivity contribution in [3.8, 4) is 11.6 Å². The summed E-state index contributed by atoms with van der Waals surface area (Å²) >= 11 is 14.7. The minimum atomic E-state index is -0.643. The van der Waals surface area contributed by atoms with Crippen molar-refractivity contribution in [3.05, 3.63) is 43.1 Å². The van der Waals surface area contributed by atoms with Gasteiger partial charge in [-0.1, -0.05) is 23.2 Å². The summed E-state index contributed by atoms with van der Waals surface area (Å²) in [5.41, 5.74) is 5.22. The first kappa shape index (κ1) is 14.8. The summed E-state index contributed by atoms with van der Waals surface area (Å²) in [4.78, 5) is 17.9. The summed E-state index contributed by atoms with van der Waals surface area (Å²) in [5.74, 6) is 0.0555. The van der Waals surface area contributed by atoms with E-state index in [4.69, 9.17) is 33.7 Å². The average Bonchev–Trinajstić information content (AvgIpc) is 2.38. The first-order chi connectivity index (χ1) is 9.40. The number of benzene rings is 1. The summed E-state index contributed by atoms with van der Waals surface area (Å²) in [6.45, 7) is 0. The van der Waals surface area contributed by atoms with Gasteiger partial charge in [-0.3, -0.25) is 10.1 Å². The molecule has 0 aliphatic rings. The molecule has 0 spiro atoms. The first-order valence-corrected chi connectivity index (χ1v) is 6.52. The molecule has 7 nitrogen and oxygen atoms in total. The van der Waals surface area contributed by atoms with Gasteiger partial charge in [0.2, 0.25) is 11.6 Å². The van der Waals surface area contributed by atoms with Crippen molar-refractivity contribution in [1.29, 1.82) is 0 Å². The van der Waals surface area contributed by atoms with E-state index in [0.29, 0.717) is 0 Å². The summed E-state index contributed by atoms with van der Waals surface area (Å²) < 4.78 is 5.63. The van der Waals surface area contributed by atoms with Crippen molar-refractivity contribution < 1.29 is 9.66 Å².